The summed E-state index contributed by atoms with van der Waals surface area (Å²) in [5.74, 6) is 2.70. The number of hydrogen-bond donors (Lipinski definition) is 2. The maximum Gasteiger partial charge on any atom is 0.238 e. The molecule has 1 aliphatic heterocycles. The Hall–Kier alpha value is -0.220. The van der Waals surface area contributed by atoms with Gasteiger partial charge in [0.2, 0.25) is 5.91 Å². The average Bonchev–Trinajstić information content (AvgIpc) is 2.80. The summed E-state index contributed by atoms with van der Waals surface area (Å²) in [5.41, 5.74) is 0.418. The summed E-state index contributed by atoms with van der Waals surface area (Å²) in [6.45, 7) is 5.37. The summed E-state index contributed by atoms with van der Waals surface area (Å²) >= 11 is 1.79. The van der Waals surface area contributed by atoms with Gasteiger partial charge in [-0.2, -0.15) is 0 Å². The van der Waals surface area contributed by atoms with Gasteiger partial charge in [0.05, 0.1) is 6.04 Å². The Balaban J connectivity index is 1.75. The fraction of sp³-hybridized carbons (Fsp3) is 0.909. The number of rotatable bonds is 4. The zero-order valence-electron chi connectivity index (χ0n) is 9.51. The van der Waals surface area contributed by atoms with Crippen LogP contribution in [-0.2, 0) is 4.79 Å². The Bertz CT molecular complexity index is 245. The normalized spacial score (nSPS) is 28.1. The Kier molecular flexibility index (Phi) is 3.26. The molecule has 1 saturated heterocycles. The van der Waals surface area contributed by atoms with Crippen LogP contribution in [0.4, 0.5) is 0 Å². The first-order valence-corrected chi connectivity index (χ1v) is 6.88. The summed E-state index contributed by atoms with van der Waals surface area (Å²) in [7, 11) is 0. The smallest absolute Gasteiger partial charge is 0.238 e. The van der Waals surface area contributed by atoms with Crippen molar-refractivity contribution in [1.82, 2.24) is 10.6 Å². The fourth-order valence-electron chi connectivity index (χ4n) is 2.07. The molecule has 1 heterocycles. The van der Waals surface area contributed by atoms with Crippen molar-refractivity contribution in [3.8, 4) is 0 Å². The summed E-state index contributed by atoms with van der Waals surface area (Å²) in [4.78, 5) is 11.8. The molecule has 2 aliphatic rings. The standard InChI is InChI=1S/C11H20N2OS/c1-8(2)11(3-4-11)6-12-10(14)9-5-15-7-13-9/h8-9,13H,3-7H2,1-2H3,(H,12,14). The molecule has 2 fully saturated rings. The zero-order valence-corrected chi connectivity index (χ0v) is 10.3. The van der Waals surface area contributed by atoms with Gasteiger partial charge in [-0.1, -0.05) is 13.8 Å². The van der Waals surface area contributed by atoms with Gasteiger partial charge in [0.1, 0.15) is 0 Å². The van der Waals surface area contributed by atoms with Crippen LogP contribution in [0, 0.1) is 11.3 Å². The highest BCUT2D eigenvalue weighted by atomic mass is 32.2. The van der Waals surface area contributed by atoms with E-state index in [-0.39, 0.29) is 11.9 Å². The Morgan fingerprint density at radius 1 is 1.60 bits per heavy atom. The van der Waals surface area contributed by atoms with Gasteiger partial charge in [-0.15, -0.1) is 11.8 Å². The summed E-state index contributed by atoms with van der Waals surface area (Å²) in [6, 6.07) is 0.0398. The molecule has 0 aromatic rings. The van der Waals surface area contributed by atoms with Crippen LogP contribution >= 0.6 is 11.8 Å². The number of hydrogen-bond acceptors (Lipinski definition) is 3. The lowest BCUT2D eigenvalue weighted by Gasteiger charge is -2.21. The molecule has 0 aromatic heterocycles. The van der Waals surface area contributed by atoms with Crippen LogP contribution in [0.5, 0.6) is 0 Å². The molecule has 0 radical (unpaired) electrons. The van der Waals surface area contributed by atoms with Crippen molar-refractivity contribution in [3.63, 3.8) is 0 Å². The first-order chi connectivity index (χ1) is 7.14. The van der Waals surface area contributed by atoms with Crippen LogP contribution in [0.3, 0.4) is 0 Å². The monoisotopic (exact) mass is 228 g/mol. The van der Waals surface area contributed by atoms with Crippen LogP contribution in [0.25, 0.3) is 0 Å². The number of carbonyl (C=O) groups excluding carboxylic acids is 1. The van der Waals surface area contributed by atoms with Crippen LogP contribution < -0.4 is 10.6 Å². The van der Waals surface area contributed by atoms with Gasteiger partial charge < -0.3 is 5.32 Å². The second-order valence-corrected chi connectivity index (χ2v) is 6.04. The van der Waals surface area contributed by atoms with Crippen molar-refractivity contribution in [2.75, 3.05) is 18.2 Å². The fourth-order valence-corrected chi connectivity index (χ4v) is 3.01. The average molecular weight is 228 g/mol. The molecular weight excluding hydrogens is 208 g/mol. The van der Waals surface area contributed by atoms with Crippen LogP contribution in [0.1, 0.15) is 26.7 Å². The minimum absolute atomic E-state index is 0.0398. The van der Waals surface area contributed by atoms with E-state index in [2.05, 4.69) is 24.5 Å². The minimum atomic E-state index is 0.0398. The largest absolute Gasteiger partial charge is 0.354 e. The number of thioether (sulfide) groups is 1. The molecule has 0 spiro atoms. The maximum absolute atomic E-state index is 11.8. The molecule has 15 heavy (non-hydrogen) atoms. The molecule has 3 nitrogen and oxygen atoms in total. The van der Waals surface area contributed by atoms with E-state index in [9.17, 15) is 4.79 Å². The molecule has 0 aromatic carbocycles. The van der Waals surface area contributed by atoms with Gasteiger partial charge in [0.15, 0.2) is 0 Å². The Morgan fingerprint density at radius 2 is 2.33 bits per heavy atom. The van der Waals surface area contributed by atoms with E-state index in [4.69, 9.17) is 0 Å². The zero-order chi connectivity index (χ0) is 10.9. The first kappa shape index (κ1) is 11.3. The van der Waals surface area contributed by atoms with Crippen molar-refractivity contribution in [2.24, 2.45) is 11.3 Å². The van der Waals surface area contributed by atoms with E-state index >= 15 is 0 Å². The molecule has 1 saturated carbocycles. The van der Waals surface area contributed by atoms with E-state index in [1.165, 1.54) is 12.8 Å². The lowest BCUT2D eigenvalue weighted by Crippen LogP contribution is -2.44. The third-order valence-electron chi connectivity index (χ3n) is 3.76. The highest BCUT2D eigenvalue weighted by molar-refractivity contribution is 7.99. The maximum atomic E-state index is 11.8. The topological polar surface area (TPSA) is 41.1 Å². The first-order valence-electron chi connectivity index (χ1n) is 5.73. The van der Waals surface area contributed by atoms with Gasteiger partial charge in [-0.05, 0) is 24.2 Å². The molecule has 2 N–H and O–H groups in total. The molecule has 1 amide bonds. The van der Waals surface area contributed by atoms with Crippen molar-refractivity contribution in [1.29, 1.82) is 0 Å². The van der Waals surface area contributed by atoms with Crippen molar-refractivity contribution >= 4 is 17.7 Å². The van der Waals surface area contributed by atoms with Gasteiger partial charge in [0, 0.05) is 18.2 Å². The highest BCUT2D eigenvalue weighted by Crippen LogP contribution is 2.51. The SMILES string of the molecule is CC(C)C1(CNC(=O)C2CSCN2)CC1. The van der Waals surface area contributed by atoms with E-state index in [0.717, 1.165) is 18.2 Å². The third kappa shape index (κ3) is 2.48. The van der Waals surface area contributed by atoms with E-state index in [0.29, 0.717) is 11.3 Å². The number of carbonyl (C=O) groups is 1. The lowest BCUT2D eigenvalue weighted by atomic mass is 9.92. The summed E-state index contributed by atoms with van der Waals surface area (Å²) in [5, 5.41) is 6.29. The van der Waals surface area contributed by atoms with Gasteiger partial charge in [-0.25, -0.2) is 0 Å². The van der Waals surface area contributed by atoms with Crippen LogP contribution in [0.2, 0.25) is 0 Å². The number of amides is 1. The predicted octanol–water partition coefficient (Wildman–Crippen LogP) is 1.20. The molecule has 0 bridgehead atoms. The lowest BCUT2D eigenvalue weighted by molar-refractivity contribution is -0.122. The molecule has 4 heteroatoms. The molecule has 1 aliphatic carbocycles. The van der Waals surface area contributed by atoms with Crippen LogP contribution in [0.15, 0.2) is 0 Å². The molecule has 1 atom stereocenters. The van der Waals surface area contributed by atoms with Crippen molar-refractivity contribution in [2.45, 2.75) is 32.7 Å². The number of nitrogens with one attached hydrogen (secondary N) is 2. The van der Waals surface area contributed by atoms with E-state index in [1.807, 2.05) is 0 Å². The van der Waals surface area contributed by atoms with Crippen molar-refractivity contribution < 1.29 is 4.79 Å². The summed E-state index contributed by atoms with van der Waals surface area (Å²) < 4.78 is 0. The summed E-state index contributed by atoms with van der Waals surface area (Å²) in [6.07, 6.45) is 2.55. The van der Waals surface area contributed by atoms with E-state index < -0.39 is 0 Å². The quantitative estimate of drug-likeness (QED) is 0.760. The molecule has 86 valence electrons. The third-order valence-corrected chi connectivity index (χ3v) is 4.70. The second kappa shape index (κ2) is 4.34. The van der Waals surface area contributed by atoms with Gasteiger partial charge in [0.25, 0.3) is 0 Å². The predicted molar refractivity (Wildman–Crippen MR) is 63.8 cm³/mol. The highest BCUT2D eigenvalue weighted by Gasteiger charge is 2.45. The van der Waals surface area contributed by atoms with E-state index in [1.54, 1.807) is 11.8 Å². The van der Waals surface area contributed by atoms with Gasteiger partial charge in [-0.3, -0.25) is 10.1 Å². The van der Waals surface area contributed by atoms with Crippen molar-refractivity contribution in [3.05, 3.63) is 0 Å². The minimum Gasteiger partial charge on any atom is -0.354 e. The molecule has 1 unspecified atom stereocenters. The molecular formula is C11H20N2OS. The van der Waals surface area contributed by atoms with Gasteiger partial charge >= 0.3 is 0 Å². The Labute approximate surface area is 95.8 Å². The van der Waals surface area contributed by atoms with Crippen LogP contribution in [-0.4, -0.2) is 30.1 Å². The second-order valence-electron chi connectivity index (χ2n) is 5.01. The molecule has 2 rings (SSSR count). The Morgan fingerprint density at radius 3 is 2.80 bits per heavy atom.